The number of carbonyl (C=O) groups is 1. The molecule has 2 atom stereocenters. The van der Waals surface area contributed by atoms with Gasteiger partial charge in [0.1, 0.15) is 0 Å². The van der Waals surface area contributed by atoms with Crippen molar-refractivity contribution in [3.8, 4) is 0 Å². The third-order valence-corrected chi connectivity index (χ3v) is 4.24. The zero-order valence-corrected chi connectivity index (χ0v) is 14.3. The van der Waals surface area contributed by atoms with Crippen molar-refractivity contribution in [1.29, 1.82) is 0 Å². The molecule has 0 spiro atoms. The molecule has 0 saturated carbocycles. The van der Waals surface area contributed by atoms with Gasteiger partial charge in [0.25, 0.3) is 0 Å². The highest BCUT2D eigenvalue weighted by molar-refractivity contribution is 6.30. The molecule has 2 aromatic rings. The number of benzene rings is 2. The van der Waals surface area contributed by atoms with Crippen molar-refractivity contribution in [2.75, 3.05) is 13.1 Å². The first kappa shape index (κ1) is 18.5. The minimum atomic E-state index is -1.41. The summed E-state index contributed by atoms with van der Waals surface area (Å²) in [5.41, 5.74) is 3.26. The summed E-state index contributed by atoms with van der Waals surface area (Å²) >= 11 is 5.97. The first-order valence-electron chi connectivity index (χ1n) is 7.94. The maximum atomic E-state index is 10.2. The van der Waals surface area contributed by atoms with Gasteiger partial charge in [-0.25, -0.2) is 4.79 Å². The van der Waals surface area contributed by atoms with Crippen molar-refractivity contribution >= 4 is 17.6 Å². The highest BCUT2D eigenvalue weighted by Crippen LogP contribution is 2.25. The third-order valence-electron chi connectivity index (χ3n) is 4.01. The van der Waals surface area contributed by atoms with Gasteiger partial charge in [0, 0.05) is 11.6 Å². The van der Waals surface area contributed by atoms with Crippen LogP contribution in [0.15, 0.2) is 48.5 Å². The van der Waals surface area contributed by atoms with Gasteiger partial charge in [0.05, 0.1) is 0 Å². The summed E-state index contributed by atoms with van der Waals surface area (Å²) < 4.78 is 0. The first-order chi connectivity index (χ1) is 11.5. The fourth-order valence-electron chi connectivity index (χ4n) is 2.68. The van der Waals surface area contributed by atoms with E-state index in [1.165, 1.54) is 11.1 Å². The Bertz CT molecular complexity index is 676. The predicted octanol–water partition coefficient (Wildman–Crippen LogP) is 3.39. The van der Waals surface area contributed by atoms with Crippen LogP contribution in [0.5, 0.6) is 0 Å². The quantitative estimate of drug-likeness (QED) is 0.778. The summed E-state index contributed by atoms with van der Waals surface area (Å²) in [7, 11) is 0. The molecule has 0 radical (unpaired) electrons. The molecule has 5 heteroatoms. The van der Waals surface area contributed by atoms with Crippen molar-refractivity contribution in [3.05, 3.63) is 70.2 Å². The maximum absolute atomic E-state index is 10.2. The van der Waals surface area contributed by atoms with E-state index in [9.17, 15) is 4.79 Å². The molecule has 4 nitrogen and oxygen atoms in total. The van der Waals surface area contributed by atoms with E-state index in [4.69, 9.17) is 21.8 Å². The van der Waals surface area contributed by atoms with Crippen LogP contribution in [0.1, 0.15) is 35.6 Å². The zero-order valence-electron chi connectivity index (χ0n) is 13.6. The van der Waals surface area contributed by atoms with E-state index in [1.807, 2.05) is 6.07 Å². The molecule has 2 aromatic carbocycles. The van der Waals surface area contributed by atoms with Gasteiger partial charge in [-0.05, 0) is 47.7 Å². The van der Waals surface area contributed by atoms with E-state index in [0.717, 1.165) is 24.5 Å². The highest BCUT2D eigenvalue weighted by atomic mass is 35.5. The van der Waals surface area contributed by atoms with Crippen molar-refractivity contribution < 1.29 is 15.0 Å². The molecule has 3 rings (SSSR count). The second kappa shape index (κ2) is 8.83. The summed E-state index contributed by atoms with van der Waals surface area (Å²) in [5, 5.41) is 21.7. The lowest BCUT2D eigenvalue weighted by atomic mass is 9.96. The van der Waals surface area contributed by atoms with Crippen LogP contribution in [0.25, 0.3) is 0 Å². The number of fused-ring (bicyclic) bond motifs is 1. The minimum Gasteiger partial charge on any atom is -0.479 e. The van der Waals surface area contributed by atoms with Gasteiger partial charge >= 0.3 is 5.97 Å². The molecular formula is C19H22ClNO3. The lowest BCUT2D eigenvalue weighted by Gasteiger charge is -2.11. The molecule has 0 amide bonds. The molecule has 1 aliphatic rings. The number of aliphatic carboxylic acids is 1. The summed E-state index contributed by atoms with van der Waals surface area (Å²) in [5.74, 6) is -0.646. The third kappa shape index (κ3) is 5.06. The normalized spacial score (nSPS) is 17.7. The van der Waals surface area contributed by atoms with E-state index < -0.39 is 12.1 Å². The second-order valence-corrected chi connectivity index (χ2v) is 6.29. The molecule has 0 aliphatic carbocycles. The number of aliphatic hydroxyl groups excluding tert-OH is 1. The molecule has 0 aromatic heterocycles. The smallest absolute Gasteiger partial charge is 0.337 e. The number of carboxylic acids is 1. The van der Waals surface area contributed by atoms with Gasteiger partial charge in [-0.3, -0.25) is 0 Å². The molecule has 3 N–H and O–H groups in total. The molecular weight excluding hydrogens is 326 g/mol. The van der Waals surface area contributed by atoms with Gasteiger partial charge in [0.2, 0.25) is 0 Å². The molecule has 0 saturated heterocycles. The average molecular weight is 348 g/mol. The SMILES string of the molecule is C[C@H]1CNCCc2ccc(Cl)cc21.O=C(O)[C@@H](O)c1ccccc1. The maximum Gasteiger partial charge on any atom is 0.337 e. The largest absolute Gasteiger partial charge is 0.479 e. The topological polar surface area (TPSA) is 69.6 Å². The molecule has 1 heterocycles. The Labute approximate surface area is 147 Å². The van der Waals surface area contributed by atoms with Crippen molar-refractivity contribution in [2.24, 2.45) is 0 Å². The molecule has 0 unspecified atom stereocenters. The fraction of sp³-hybridized carbons (Fsp3) is 0.316. The van der Waals surface area contributed by atoms with Crippen LogP contribution in [0.2, 0.25) is 5.02 Å². The Morgan fingerprint density at radius 3 is 2.62 bits per heavy atom. The van der Waals surface area contributed by atoms with E-state index >= 15 is 0 Å². The number of hydrogen-bond acceptors (Lipinski definition) is 3. The molecule has 24 heavy (non-hydrogen) atoms. The minimum absolute atomic E-state index is 0.403. The van der Waals surface area contributed by atoms with Gasteiger partial charge in [-0.1, -0.05) is 54.9 Å². The average Bonchev–Trinajstić information content (AvgIpc) is 2.77. The summed E-state index contributed by atoms with van der Waals surface area (Å²) in [6.07, 6.45) is -0.284. The van der Waals surface area contributed by atoms with Gasteiger partial charge in [0.15, 0.2) is 6.10 Å². The van der Waals surface area contributed by atoms with Crippen LogP contribution >= 0.6 is 11.6 Å². The Balaban J connectivity index is 0.000000177. The second-order valence-electron chi connectivity index (χ2n) is 5.85. The summed E-state index contributed by atoms with van der Waals surface area (Å²) in [6.45, 7) is 4.39. The van der Waals surface area contributed by atoms with Crippen LogP contribution in [0.3, 0.4) is 0 Å². The Morgan fingerprint density at radius 2 is 1.96 bits per heavy atom. The monoisotopic (exact) mass is 347 g/mol. The zero-order chi connectivity index (χ0) is 17.5. The lowest BCUT2D eigenvalue weighted by Crippen LogP contribution is -2.18. The standard InChI is InChI=1S/C11H14ClN.C8H8O3/c1-8-7-13-5-4-9-2-3-10(12)6-11(8)9;9-7(8(10)11)6-4-2-1-3-5-6/h2-3,6,8,13H,4-5,7H2,1H3;1-5,7,9H,(H,10,11)/t8-;7-/m00/s1. The van der Waals surface area contributed by atoms with Crippen molar-refractivity contribution in [2.45, 2.75) is 25.4 Å². The number of hydrogen-bond donors (Lipinski definition) is 3. The number of aliphatic hydroxyl groups is 1. The van der Waals surface area contributed by atoms with Crippen LogP contribution in [0.4, 0.5) is 0 Å². The Hall–Kier alpha value is -1.88. The number of carboxylic acid groups (broad SMARTS) is 1. The first-order valence-corrected chi connectivity index (χ1v) is 8.31. The van der Waals surface area contributed by atoms with Crippen molar-refractivity contribution in [1.82, 2.24) is 5.32 Å². The molecule has 1 aliphatic heterocycles. The molecule has 128 valence electrons. The highest BCUT2D eigenvalue weighted by Gasteiger charge is 2.14. The van der Waals surface area contributed by atoms with Crippen LogP contribution < -0.4 is 5.32 Å². The van der Waals surface area contributed by atoms with Crippen molar-refractivity contribution in [3.63, 3.8) is 0 Å². The van der Waals surface area contributed by atoms with Crippen LogP contribution in [-0.2, 0) is 11.2 Å². The van der Waals surface area contributed by atoms with E-state index in [1.54, 1.807) is 30.3 Å². The van der Waals surface area contributed by atoms with Gasteiger partial charge in [-0.15, -0.1) is 0 Å². The predicted molar refractivity (Wildman–Crippen MR) is 95.5 cm³/mol. The number of nitrogens with one attached hydrogen (secondary N) is 1. The van der Waals surface area contributed by atoms with Gasteiger partial charge in [-0.2, -0.15) is 0 Å². The summed E-state index contributed by atoms with van der Waals surface area (Å²) in [4.78, 5) is 10.2. The molecule has 0 bridgehead atoms. The van der Waals surface area contributed by atoms with Crippen LogP contribution in [-0.4, -0.2) is 29.3 Å². The lowest BCUT2D eigenvalue weighted by molar-refractivity contribution is -0.146. The Morgan fingerprint density at radius 1 is 1.25 bits per heavy atom. The summed E-state index contributed by atoms with van der Waals surface area (Å²) in [6, 6.07) is 14.5. The number of rotatable bonds is 2. The fourth-order valence-corrected chi connectivity index (χ4v) is 2.86. The van der Waals surface area contributed by atoms with E-state index in [-0.39, 0.29) is 0 Å². The Kier molecular flexibility index (Phi) is 6.79. The number of halogens is 1. The van der Waals surface area contributed by atoms with E-state index in [0.29, 0.717) is 11.5 Å². The van der Waals surface area contributed by atoms with Crippen LogP contribution in [0, 0.1) is 0 Å². The van der Waals surface area contributed by atoms with Gasteiger partial charge < -0.3 is 15.5 Å². The van der Waals surface area contributed by atoms with E-state index in [2.05, 4.69) is 24.4 Å². The molecule has 0 fully saturated rings.